The van der Waals surface area contributed by atoms with E-state index in [1.807, 2.05) is 13.8 Å². The highest BCUT2D eigenvalue weighted by Crippen LogP contribution is 2.41. The molecule has 45 heavy (non-hydrogen) atoms. The molecule has 0 saturated heterocycles. The van der Waals surface area contributed by atoms with Gasteiger partial charge >= 0.3 is 0 Å². The van der Waals surface area contributed by atoms with Gasteiger partial charge in [-0.25, -0.2) is 9.97 Å². The van der Waals surface area contributed by atoms with Crippen molar-refractivity contribution in [3.8, 4) is 34.5 Å². The standard InChI is InChI=1S/2C14H19N5O3.ClH/c2*1-8(15)10-7-16-14(19-18-10)17-9-5-11(20-2)13(22-4)12(6-9)21-3;/h2*5-8H,15H2,1-4H3,(H,16,17,19);1H. The molecule has 0 aliphatic carbocycles. The van der Waals surface area contributed by atoms with Gasteiger partial charge < -0.3 is 50.5 Å². The Hall–Kier alpha value is -4.93. The number of halogens is 1. The SMILES string of the molecule is COc1cc(Nc2ncc(C(C)N)nn2)cc(OC)c1OC.COc1cc(Nc2ncc(C(C)N)nn2)cc(OC)c1OC.Cl. The van der Waals surface area contributed by atoms with Gasteiger partial charge in [0.2, 0.25) is 23.4 Å². The Morgan fingerprint density at radius 1 is 0.533 bits per heavy atom. The lowest BCUT2D eigenvalue weighted by Crippen LogP contribution is -2.10. The first-order chi connectivity index (χ1) is 21.2. The number of nitrogens with zero attached hydrogens (tertiary/aromatic N) is 6. The molecule has 2 heterocycles. The van der Waals surface area contributed by atoms with E-state index in [2.05, 4.69) is 41.0 Å². The summed E-state index contributed by atoms with van der Waals surface area (Å²) >= 11 is 0. The van der Waals surface area contributed by atoms with Crippen molar-refractivity contribution in [3.05, 3.63) is 48.0 Å². The molecule has 0 aliphatic heterocycles. The van der Waals surface area contributed by atoms with Crippen LogP contribution in [0.15, 0.2) is 36.7 Å². The van der Waals surface area contributed by atoms with Crippen LogP contribution in [-0.2, 0) is 0 Å². The van der Waals surface area contributed by atoms with E-state index in [0.29, 0.717) is 69.2 Å². The molecule has 2 unspecified atom stereocenters. The third-order valence-corrected chi connectivity index (χ3v) is 5.93. The Bertz CT molecular complexity index is 1330. The summed E-state index contributed by atoms with van der Waals surface area (Å²) in [4.78, 5) is 8.34. The summed E-state index contributed by atoms with van der Waals surface area (Å²) in [6, 6.07) is 6.59. The van der Waals surface area contributed by atoms with Gasteiger partial charge in [-0.1, -0.05) is 0 Å². The Labute approximate surface area is 267 Å². The van der Waals surface area contributed by atoms with Gasteiger partial charge in [0.25, 0.3) is 0 Å². The van der Waals surface area contributed by atoms with Crippen molar-refractivity contribution >= 4 is 35.7 Å². The Morgan fingerprint density at radius 2 is 0.844 bits per heavy atom. The zero-order chi connectivity index (χ0) is 32.2. The van der Waals surface area contributed by atoms with Gasteiger partial charge in [-0.05, 0) is 13.8 Å². The molecule has 6 N–H and O–H groups in total. The number of nitrogens with two attached hydrogens (primary N) is 2. The van der Waals surface area contributed by atoms with E-state index < -0.39 is 0 Å². The second-order valence-electron chi connectivity index (χ2n) is 9.07. The van der Waals surface area contributed by atoms with Crippen LogP contribution in [0.1, 0.15) is 37.3 Å². The summed E-state index contributed by atoms with van der Waals surface area (Å²) in [6.45, 7) is 3.63. The number of anilines is 4. The Balaban J connectivity index is 0.000000307. The number of aromatic nitrogens is 6. The van der Waals surface area contributed by atoms with Gasteiger partial charge in [0.1, 0.15) is 0 Å². The van der Waals surface area contributed by atoms with Crippen LogP contribution in [0.2, 0.25) is 0 Å². The highest BCUT2D eigenvalue weighted by atomic mass is 35.5. The number of nitrogens with one attached hydrogen (secondary N) is 2. The van der Waals surface area contributed by atoms with E-state index >= 15 is 0 Å². The number of hydrogen-bond acceptors (Lipinski definition) is 16. The van der Waals surface area contributed by atoms with Crippen LogP contribution in [0.3, 0.4) is 0 Å². The van der Waals surface area contributed by atoms with Crippen molar-refractivity contribution in [1.29, 1.82) is 0 Å². The first-order valence-electron chi connectivity index (χ1n) is 13.2. The Kier molecular flexibility index (Phi) is 14.0. The van der Waals surface area contributed by atoms with Crippen LogP contribution in [0.25, 0.3) is 0 Å². The van der Waals surface area contributed by atoms with Crippen LogP contribution in [0.4, 0.5) is 23.3 Å². The Morgan fingerprint density at radius 3 is 1.04 bits per heavy atom. The first kappa shape index (κ1) is 36.3. The number of methoxy groups -OCH3 is 6. The molecule has 17 heteroatoms. The monoisotopic (exact) mass is 646 g/mol. The third-order valence-electron chi connectivity index (χ3n) is 5.93. The van der Waals surface area contributed by atoms with E-state index in [0.717, 1.165) is 0 Å². The fourth-order valence-corrected chi connectivity index (χ4v) is 3.66. The number of hydrogen-bond donors (Lipinski definition) is 4. The van der Waals surface area contributed by atoms with Gasteiger partial charge in [0, 0.05) is 47.7 Å². The summed E-state index contributed by atoms with van der Waals surface area (Å²) in [5.41, 5.74) is 14.0. The normalized spacial score (nSPS) is 11.4. The molecule has 0 saturated carbocycles. The van der Waals surface area contributed by atoms with Gasteiger partial charge in [-0.15, -0.1) is 32.8 Å². The molecule has 244 valence electrons. The highest BCUT2D eigenvalue weighted by Gasteiger charge is 2.15. The van der Waals surface area contributed by atoms with Crippen molar-refractivity contribution in [2.24, 2.45) is 11.5 Å². The molecule has 0 fully saturated rings. The van der Waals surface area contributed by atoms with Crippen LogP contribution in [0, 0.1) is 0 Å². The smallest absolute Gasteiger partial charge is 0.247 e. The molecule has 0 spiro atoms. The minimum atomic E-state index is -0.213. The summed E-state index contributed by atoms with van der Waals surface area (Å²) in [6.07, 6.45) is 3.16. The largest absolute Gasteiger partial charge is 0.493 e. The molecule has 4 aromatic rings. The lowest BCUT2D eigenvalue weighted by molar-refractivity contribution is 0.324. The van der Waals surface area contributed by atoms with E-state index in [4.69, 9.17) is 39.9 Å². The fourth-order valence-electron chi connectivity index (χ4n) is 3.66. The summed E-state index contributed by atoms with van der Waals surface area (Å²) in [5, 5.41) is 22.0. The maximum atomic E-state index is 5.71. The van der Waals surface area contributed by atoms with Crippen molar-refractivity contribution < 1.29 is 28.4 Å². The zero-order valence-electron chi connectivity index (χ0n) is 26.3. The van der Waals surface area contributed by atoms with Gasteiger partial charge in [0.05, 0.1) is 66.4 Å². The van der Waals surface area contributed by atoms with Crippen molar-refractivity contribution in [2.75, 3.05) is 53.3 Å². The highest BCUT2D eigenvalue weighted by molar-refractivity contribution is 5.85. The van der Waals surface area contributed by atoms with Crippen LogP contribution < -0.4 is 50.5 Å². The molecule has 0 amide bonds. The van der Waals surface area contributed by atoms with E-state index in [9.17, 15) is 0 Å². The summed E-state index contributed by atoms with van der Waals surface area (Å²) in [5.74, 6) is 3.85. The molecule has 4 rings (SSSR count). The molecule has 0 aliphatic rings. The first-order valence-corrected chi connectivity index (χ1v) is 13.2. The molecule has 0 radical (unpaired) electrons. The summed E-state index contributed by atoms with van der Waals surface area (Å²) in [7, 11) is 9.31. The zero-order valence-corrected chi connectivity index (χ0v) is 27.1. The molecule has 16 nitrogen and oxygen atoms in total. The average molecular weight is 647 g/mol. The minimum Gasteiger partial charge on any atom is -0.493 e. The average Bonchev–Trinajstić information content (AvgIpc) is 3.04. The van der Waals surface area contributed by atoms with Crippen LogP contribution >= 0.6 is 12.4 Å². The topological polar surface area (TPSA) is 209 Å². The van der Waals surface area contributed by atoms with Crippen molar-refractivity contribution in [1.82, 2.24) is 30.4 Å². The predicted molar refractivity (Wildman–Crippen MR) is 171 cm³/mol. The maximum absolute atomic E-state index is 5.71. The molecule has 2 atom stereocenters. The van der Waals surface area contributed by atoms with Crippen molar-refractivity contribution in [3.63, 3.8) is 0 Å². The second-order valence-corrected chi connectivity index (χ2v) is 9.07. The fraction of sp³-hybridized carbons (Fsp3) is 0.357. The molecule has 2 aromatic carbocycles. The molecule has 2 aromatic heterocycles. The summed E-state index contributed by atoms with van der Waals surface area (Å²) < 4.78 is 31.7. The molecular formula is C28H39ClN10O6. The van der Waals surface area contributed by atoms with Gasteiger partial charge in [0.15, 0.2) is 23.0 Å². The second kappa shape index (κ2) is 17.4. The van der Waals surface area contributed by atoms with E-state index in [1.54, 1.807) is 79.3 Å². The number of rotatable bonds is 12. The third kappa shape index (κ3) is 9.53. The van der Waals surface area contributed by atoms with Gasteiger partial charge in [-0.3, -0.25) is 0 Å². The molecular weight excluding hydrogens is 608 g/mol. The minimum absolute atomic E-state index is 0. The van der Waals surface area contributed by atoms with E-state index in [1.165, 1.54) is 0 Å². The lowest BCUT2D eigenvalue weighted by Gasteiger charge is -2.14. The number of ether oxygens (including phenoxy) is 6. The predicted octanol–water partition coefficient (Wildman–Crippen LogP) is 3.74. The van der Waals surface area contributed by atoms with Crippen molar-refractivity contribution in [2.45, 2.75) is 25.9 Å². The molecule has 0 bridgehead atoms. The lowest BCUT2D eigenvalue weighted by atomic mass is 10.2. The maximum Gasteiger partial charge on any atom is 0.247 e. The number of benzene rings is 2. The van der Waals surface area contributed by atoms with Crippen LogP contribution in [0.5, 0.6) is 34.5 Å². The van der Waals surface area contributed by atoms with Gasteiger partial charge in [-0.2, -0.15) is 0 Å². The van der Waals surface area contributed by atoms with Crippen LogP contribution in [-0.4, -0.2) is 73.0 Å². The van der Waals surface area contributed by atoms with E-state index in [-0.39, 0.29) is 24.5 Å². The quantitative estimate of drug-likeness (QED) is 0.173.